The normalized spacial score (nSPS) is 14.9. The van der Waals surface area contributed by atoms with Gasteiger partial charge in [-0.25, -0.2) is 0 Å². The lowest BCUT2D eigenvalue weighted by Crippen LogP contribution is -2.47. The van der Waals surface area contributed by atoms with Crippen LogP contribution in [0.3, 0.4) is 0 Å². The van der Waals surface area contributed by atoms with E-state index in [9.17, 15) is 9.59 Å². The summed E-state index contributed by atoms with van der Waals surface area (Å²) in [4.78, 5) is 29.6. The Balaban J connectivity index is 1.38. The van der Waals surface area contributed by atoms with Crippen LogP contribution in [0.15, 0.2) is 24.3 Å². The van der Waals surface area contributed by atoms with Gasteiger partial charge >= 0.3 is 0 Å². The van der Waals surface area contributed by atoms with Gasteiger partial charge in [0, 0.05) is 38.4 Å². The van der Waals surface area contributed by atoms with Gasteiger partial charge in [0.2, 0.25) is 10.0 Å². The molecule has 0 atom stereocenters. The number of hydrogen-bond acceptors (Lipinski definition) is 8. The predicted molar refractivity (Wildman–Crippen MR) is 121 cm³/mol. The maximum atomic E-state index is 12.3. The van der Waals surface area contributed by atoms with Crippen molar-refractivity contribution >= 4 is 28.8 Å². The molecule has 1 aromatic heterocycles. The second-order valence-corrected chi connectivity index (χ2v) is 8.37. The van der Waals surface area contributed by atoms with Crippen LogP contribution in [-0.4, -0.2) is 84.7 Å². The highest BCUT2D eigenvalue weighted by Gasteiger charge is 2.18. The minimum absolute atomic E-state index is 0.144. The molecule has 0 spiro atoms. The maximum Gasteiger partial charge on any atom is 0.286 e. The maximum absolute atomic E-state index is 12.3. The van der Waals surface area contributed by atoms with Gasteiger partial charge in [-0.1, -0.05) is 18.3 Å². The van der Waals surface area contributed by atoms with Crippen molar-refractivity contribution in [2.45, 2.75) is 19.8 Å². The number of anilines is 1. The first-order chi connectivity index (χ1) is 15.1. The Kier molecular flexibility index (Phi) is 8.74. The molecule has 0 bridgehead atoms. The Morgan fingerprint density at radius 3 is 2.23 bits per heavy atom. The summed E-state index contributed by atoms with van der Waals surface area (Å²) < 4.78 is 5.09. The molecule has 10 heteroatoms. The number of aromatic nitrogens is 2. The Labute approximate surface area is 186 Å². The molecule has 2 aromatic rings. The molecule has 2 N–H and O–H groups in total. The first-order valence-electron chi connectivity index (χ1n) is 10.6. The van der Waals surface area contributed by atoms with E-state index < -0.39 is 5.91 Å². The molecule has 9 nitrogen and oxygen atoms in total. The molecule has 1 aromatic carbocycles. The Bertz CT molecular complexity index is 849. The van der Waals surface area contributed by atoms with E-state index in [2.05, 4.69) is 37.6 Å². The summed E-state index contributed by atoms with van der Waals surface area (Å²) >= 11 is 0.980. The highest BCUT2D eigenvalue weighted by Crippen LogP contribution is 2.17. The number of hydrogen-bond donors (Lipinski definition) is 2. The van der Waals surface area contributed by atoms with Crippen molar-refractivity contribution in [1.82, 2.24) is 25.3 Å². The van der Waals surface area contributed by atoms with Gasteiger partial charge in [0.05, 0.1) is 7.11 Å². The molecule has 168 valence electrons. The van der Waals surface area contributed by atoms with Crippen LogP contribution >= 0.6 is 11.3 Å². The van der Waals surface area contributed by atoms with E-state index in [1.165, 1.54) is 13.0 Å². The van der Waals surface area contributed by atoms with Crippen LogP contribution in [0.5, 0.6) is 5.75 Å². The van der Waals surface area contributed by atoms with E-state index in [-0.39, 0.29) is 15.9 Å². The average molecular weight is 447 g/mol. The number of carbonyl (C=O) groups is 2. The third-order valence-electron chi connectivity index (χ3n) is 5.10. The van der Waals surface area contributed by atoms with Crippen LogP contribution in [0.4, 0.5) is 5.69 Å². The third-order valence-corrected chi connectivity index (χ3v) is 6.02. The monoisotopic (exact) mass is 446 g/mol. The molecular weight excluding hydrogens is 416 g/mol. The summed E-state index contributed by atoms with van der Waals surface area (Å²) in [6, 6.07) is 6.96. The van der Waals surface area contributed by atoms with Crippen molar-refractivity contribution in [2.24, 2.45) is 0 Å². The molecule has 0 aliphatic carbocycles. The highest BCUT2D eigenvalue weighted by atomic mass is 32.1. The van der Waals surface area contributed by atoms with Gasteiger partial charge in [-0.15, -0.1) is 10.2 Å². The lowest BCUT2D eigenvalue weighted by Gasteiger charge is -2.34. The van der Waals surface area contributed by atoms with Crippen LogP contribution in [0.2, 0.25) is 0 Å². The molecule has 1 saturated heterocycles. The summed E-state index contributed by atoms with van der Waals surface area (Å²) in [6.45, 7) is 9.31. The Morgan fingerprint density at radius 1 is 1.00 bits per heavy atom. The Hall–Kier alpha value is -2.56. The number of nitrogens with one attached hydrogen (secondary N) is 2. The van der Waals surface area contributed by atoms with Gasteiger partial charge in [0.1, 0.15) is 5.75 Å². The number of rotatable bonds is 10. The molecule has 31 heavy (non-hydrogen) atoms. The van der Waals surface area contributed by atoms with E-state index in [4.69, 9.17) is 4.74 Å². The lowest BCUT2D eigenvalue weighted by molar-refractivity contribution is 0.0945. The number of piperazine rings is 1. The van der Waals surface area contributed by atoms with Gasteiger partial charge in [-0.2, -0.15) is 0 Å². The largest absolute Gasteiger partial charge is 0.497 e. The standard InChI is InChI=1S/C21H30N6O3S/c1-3-10-26-12-14-27(15-13-26)11-4-9-22-18(28)20-24-25-21(31-20)19(29)23-16-5-7-17(30-2)8-6-16/h5-8H,3-4,9-15H2,1-2H3,(H,22,28)(H,23,29). The predicted octanol–water partition coefficient (Wildman–Crippen LogP) is 1.95. The summed E-state index contributed by atoms with van der Waals surface area (Å²) in [5.74, 6) is 0.00400. The first kappa shape index (κ1) is 23.1. The zero-order valence-corrected chi connectivity index (χ0v) is 18.9. The van der Waals surface area contributed by atoms with Crippen molar-refractivity contribution in [3.63, 3.8) is 0 Å². The van der Waals surface area contributed by atoms with Crippen molar-refractivity contribution in [3.05, 3.63) is 34.3 Å². The topological polar surface area (TPSA) is 99.7 Å². The van der Waals surface area contributed by atoms with Crippen LogP contribution < -0.4 is 15.4 Å². The van der Waals surface area contributed by atoms with Crippen molar-refractivity contribution in [3.8, 4) is 5.75 Å². The van der Waals surface area contributed by atoms with Crippen molar-refractivity contribution in [1.29, 1.82) is 0 Å². The van der Waals surface area contributed by atoms with E-state index in [1.54, 1.807) is 31.4 Å². The van der Waals surface area contributed by atoms with Crippen LogP contribution in [0, 0.1) is 0 Å². The Morgan fingerprint density at radius 2 is 1.61 bits per heavy atom. The smallest absolute Gasteiger partial charge is 0.286 e. The van der Waals surface area contributed by atoms with Gasteiger partial charge in [0.15, 0.2) is 0 Å². The SMILES string of the molecule is CCCN1CCN(CCCNC(=O)c2nnc(C(=O)Nc3ccc(OC)cc3)s2)CC1. The molecule has 0 radical (unpaired) electrons. The van der Waals surface area contributed by atoms with E-state index >= 15 is 0 Å². The molecule has 2 heterocycles. The van der Waals surface area contributed by atoms with E-state index in [1.807, 2.05) is 0 Å². The average Bonchev–Trinajstić information content (AvgIpc) is 3.29. The van der Waals surface area contributed by atoms with Crippen LogP contribution in [-0.2, 0) is 0 Å². The fourth-order valence-electron chi connectivity index (χ4n) is 3.40. The second kappa shape index (κ2) is 11.7. The summed E-state index contributed by atoms with van der Waals surface area (Å²) in [5.41, 5.74) is 0.613. The number of benzene rings is 1. The first-order valence-corrected chi connectivity index (χ1v) is 11.4. The fraction of sp³-hybridized carbons (Fsp3) is 0.524. The summed E-state index contributed by atoms with van der Waals surface area (Å²) in [5, 5.41) is 13.6. The third kappa shape index (κ3) is 6.98. The number of ether oxygens (including phenoxy) is 1. The quantitative estimate of drug-likeness (QED) is 0.538. The molecule has 1 aliphatic rings. The highest BCUT2D eigenvalue weighted by molar-refractivity contribution is 7.15. The molecule has 0 unspecified atom stereocenters. The van der Waals surface area contributed by atoms with E-state index in [0.717, 1.165) is 50.5 Å². The minimum atomic E-state index is -0.399. The van der Waals surface area contributed by atoms with Gasteiger partial charge in [-0.3, -0.25) is 9.59 Å². The van der Waals surface area contributed by atoms with Crippen LogP contribution in [0.25, 0.3) is 0 Å². The van der Waals surface area contributed by atoms with Crippen LogP contribution in [0.1, 0.15) is 39.4 Å². The van der Waals surface area contributed by atoms with Crippen molar-refractivity contribution < 1.29 is 14.3 Å². The molecule has 2 amide bonds. The molecule has 3 rings (SSSR count). The molecular formula is C21H30N6O3S. The lowest BCUT2D eigenvalue weighted by atomic mass is 10.2. The van der Waals surface area contributed by atoms with Gasteiger partial charge in [0.25, 0.3) is 11.8 Å². The summed E-state index contributed by atoms with van der Waals surface area (Å²) in [6.07, 6.45) is 2.08. The van der Waals surface area contributed by atoms with Gasteiger partial charge in [-0.05, 0) is 50.2 Å². The minimum Gasteiger partial charge on any atom is -0.497 e. The molecule has 0 saturated carbocycles. The fourth-order valence-corrected chi connectivity index (χ4v) is 4.05. The zero-order chi connectivity index (χ0) is 22.1. The molecule has 1 aliphatic heterocycles. The number of amides is 2. The number of methoxy groups -OCH3 is 1. The molecule has 1 fully saturated rings. The van der Waals surface area contributed by atoms with Gasteiger partial charge < -0.3 is 25.2 Å². The summed E-state index contributed by atoms with van der Waals surface area (Å²) in [7, 11) is 1.58. The van der Waals surface area contributed by atoms with Crippen molar-refractivity contribution in [2.75, 3.05) is 58.2 Å². The number of nitrogens with zero attached hydrogens (tertiary/aromatic N) is 4. The number of carbonyl (C=O) groups excluding carboxylic acids is 2. The van der Waals surface area contributed by atoms with E-state index in [0.29, 0.717) is 18.0 Å². The second-order valence-electron chi connectivity index (χ2n) is 7.39. The zero-order valence-electron chi connectivity index (χ0n) is 18.1.